The molecule has 9 heteroatoms. The van der Waals surface area contributed by atoms with E-state index in [0.717, 1.165) is 30.7 Å². The normalized spacial score (nSPS) is 15.8. The number of hydrogen-bond acceptors (Lipinski definition) is 8. The number of thiazole rings is 1. The number of aryl methyl sites for hydroxylation is 1. The molecule has 1 amide bonds. The van der Waals surface area contributed by atoms with Crippen molar-refractivity contribution in [3.05, 3.63) is 74.1 Å². The predicted molar refractivity (Wildman–Crippen MR) is 128 cm³/mol. The zero-order valence-corrected chi connectivity index (χ0v) is 19.4. The highest BCUT2D eigenvalue weighted by Crippen LogP contribution is 2.36. The molecule has 0 fully saturated rings. The summed E-state index contributed by atoms with van der Waals surface area (Å²) in [6.45, 7) is -0.318. The highest BCUT2D eigenvalue weighted by atomic mass is 32.1. The van der Waals surface area contributed by atoms with E-state index in [0.29, 0.717) is 12.8 Å². The molecule has 1 aliphatic rings. The first kappa shape index (κ1) is 21.0. The molecule has 1 aliphatic heterocycles. The summed E-state index contributed by atoms with van der Waals surface area (Å²) in [6, 6.07) is 15.7. The van der Waals surface area contributed by atoms with E-state index in [9.17, 15) is 9.59 Å². The number of nitrogens with zero attached hydrogens (tertiary/aromatic N) is 3. The van der Waals surface area contributed by atoms with Crippen LogP contribution in [0.2, 0.25) is 0 Å². The molecule has 0 spiro atoms. The first-order chi connectivity index (χ1) is 15.7. The van der Waals surface area contributed by atoms with Crippen molar-refractivity contribution in [2.75, 3.05) is 6.61 Å². The lowest BCUT2D eigenvalue weighted by Gasteiger charge is -2.20. The SMILES string of the molecule is O=C(CCc1nc2ccccc2s1)OCC(=O)N1N=C(c2cccs2)CC1c1cccs1. The van der Waals surface area contributed by atoms with Crippen LogP contribution in [0, 0.1) is 0 Å². The third kappa shape index (κ3) is 4.50. The molecular formula is C23H19N3O3S3. The number of hydrogen-bond donors (Lipinski definition) is 0. The van der Waals surface area contributed by atoms with Crippen molar-refractivity contribution in [2.45, 2.75) is 25.3 Å². The molecule has 5 rings (SSSR count). The van der Waals surface area contributed by atoms with Gasteiger partial charge in [-0.2, -0.15) is 5.10 Å². The summed E-state index contributed by atoms with van der Waals surface area (Å²) in [6.07, 6.45) is 1.33. The van der Waals surface area contributed by atoms with Crippen molar-refractivity contribution in [1.29, 1.82) is 0 Å². The number of rotatable bonds is 7. The molecule has 3 aromatic heterocycles. The smallest absolute Gasteiger partial charge is 0.306 e. The van der Waals surface area contributed by atoms with Crippen LogP contribution in [-0.2, 0) is 20.7 Å². The monoisotopic (exact) mass is 481 g/mol. The van der Waals surface area contributed by atoms with Gasteiger partial charge in [0.2, 0.25) is 0 Å². The van der Waals surface area contributed by atoms with Crippen LogP contribution in [0.4, 0.5) is 0 Å². The van der Waals surface area contributed by atoms with Gasteiger partial charge in [0.15, 0.2) is 6.61 Å². The third-order valence-corrected chi connectivity index (χ3v) is 8.07. The molecule has 0 saturated carbocycles. The van der Waals surface area contributed by atoms with Gasteiger partial charge in [-0.05, 0) is 35.0 Å². The quantitative estimate of drug-likeness (QED) is 0.337. The van der Waals surface area contributed by atoms with Crippen LogP contribution in [0.25, 0.3) is 10.2 Å². The maximum absolute atomic E-state index is 12.9. The Bertz CT molecular complexity index is 1230. The van der Waals surface area contributed by atoms with E-state index in [-0.39, 0.29) is 25.0 Å². The molecule has 0 saturated heterocycles. The fourth-order valence-corrected chi connectivity index (χ4v) is 6.05. The van der Waals surface area contributed by atoms with Gasteiger partial charge < -0.3 is 4.74 Å². The zero-order chi connectivity index (χ0) is 21.9. The van der Waals surface area contributed by atoms with Crippen LogP contribution in [0.15, 0.2) is 64.4 Å². The van der Waals surface area contributed by atoms with Crippen LogP contribution in [0.3, 0.4) is 0 Å². The largest absolute Gasteiger partial charge is 0.455 e. The number of para-hydroxylation sites is 1. The number of carbonyl (C=O) groups is 2. The van der Waals surface area contributed by atoms with Crippen molar-refractivity contribution in [1.82, 2.24) is 9.99 Å². The minimum absolute atomic E-state index is 0.166. The first-order valence-electron chi connectivity index (χ1n) is 10.1. The van der Waals surface area contributed by atoms with Crippen molar-refractivity contribution >= 4 is 61.8 Å². The first-order valence-corrected chi connectivity index (χ1v) is 12.7. The highest BCUT2D eigenvalue weighted by Gasteiger charge is 2.34. The minimum atomic E-state index is -0.410. The second-order valence-electron chi connectivity index (χ2n) is 7.23. The van der Waals surface area contributed by atoms with E-state index in [1.807, 2.05) is 59.3 Å². The van der Waals surface area contributed by atoms with Crippen LogP contribution in [0.5, 0.6) is 0 Å². The molecule has 6 nitrogen and oxygen atoms in total. The Hall–Kier alpha value is -2.88. The van der Waals surface area contributed by atoms with Crippen molar-refractivity contribution in [2.24, 2.45) is 5.10 Å². The zero-order valence-electron chi connectivity index (χ0n) is 17.0. The van der Waals surface area contributed by atoms with Crippen LogP contribution >= 0.6 is 34.0 Å². The predicted octanol–water partition coefficient (Wildman–Crippen LogP) is 5.27. The summed E-state index contributed by atoms with van der Waals surface area (Å²) in [5.74, 6) is -0.727. The number of hydrazone groups is 1. The second-order valence-corrected chi connectivity index (χ2v) is 10.3. The number of thiophene rings is 2. The lowest BCUT2D eigenvalue weighted by atomic mass is 10.1. The highest BCUT2D eigenvalue weighted by molar-refractivity contribution is 7.18. The number of esters is 1. The molecule has 0 radical (unpaired) electrons. The van der Waals surface area contributed by atoms with E-state index < -0.39 is 5.97 Å². The van der Waals surface area contributed by atoms with Crippen LogP contribution < -0.4 is 0 Å². The summed E-state index contributed by atoms with van der Waals surface area (Å²) in [4.78, 5) is 31.8. The Labute approximate surface area is 196 Å². The molecule has 162 valence electrons. The maximum atomic E-state index is 12.9. The number of ether oxygens (including phenoxy) is 1. The number of benzene rings is 1. The molecule has 1 aromatic carbocycles. The fraction of sp³-hybridized carbons (Fsp3) is 0.217. The van der Waals surface area contributed by atoms with Gasteiger partial charge in [0.1, 0.15) is 0 Å². The van der Waals surface area contributed by atoms with Crippen molar-refractivity contribution in [3.8, 4) is 0 Å². The van der Waals surface area contributed by atoms with Crippen LogP contribution in [0.1, 0.15) is 33.6 Å². The molecule has 4 heterocycles. The molecule has 0 N–H and O–H groups in total. The van der Waals surface area contributed by atoms with Gasteiger partial charge >= 0.3 is 5.97 Å². The summed E-state index contributed by atoms with van der Waals surface area (Å²) in [7, 11) is 0. The Morgan fingerprint density at radius 2 is 1.91 bits per heavy atom. The molecule has 0 aliphatic carbocycles. The summed E-state index contributed by atoms with van der Waals surface area (Å²) in [5, 5.41) is 10.9. The van der Waals surface area contributed by atoms with E-state index >= 15 is 0 Å². The van der Waals surface area contributed by atoms with E-state index in [1.54, 1.807) is 34.0 Å². The third-order valence-electron chi connectivity index (χ3n) is 5.08. The Balaban J connectivity index is 1.20. The van der Waals surface area contributed by atoms with Crippen LogP contribution in [-0.4, -0.2) is 34.2 Å². The minimum Gasteiger partial charge on any atom is -0.455 e. The molecule has 32 heavy (non-hydrogen) atoms. The number of aromatic nitrogens is 1. The van der Waals surface area contributed by atoms with Gasteiger partial charge in [0.05, 0.1) is 38.3 Å². The van der Waals surface area contributed by atoms with Gasteiger partial charge in [-0.15, -0.1) is 34.0 Å². The van der Waals surface area contributed by atoms with Crippen molar-refractivity contribution < 1.29 is 14.3 Å². The molecular weight excluding hydrogens is 462 g/mol. The lowest BCUT2D eigenvalue weighted by molar-refractivity contribution is -0.152. The van der Waals surface area contributed by atoms with Crippen molar-refractivity contribution in [3.63, 3.8) is 0 Å². The Morgan fingerprint density at radius 1 is 1.06 bits per heavy atom. The second kappa shape index (κ2) is 9.32. The topological polar surface area (TPSA) is 71.9 Å². The van der Waals surface area contributed by atoms with Gasteiger partial charge in [0, 0.05) is 17.7 Å². The Morgan fingerprint density at radius 3 is 2.69 bits per heavy atom. The van der Waals surface area contributed by atoms with E-state index in [4.69, 9.17) is 4.74 Å². The summed E-state index contributed by atoms with van der Waals surface area (Å²) in [5.41, 5.74) is 1.82. The van der Waals surface area contributed by atoms with E-state index in [1.165, 1.54) is 5.01 Å². The number of amides is 1. The van der Waals surface area contributed by atoms with Gasteiger partial charge in [0.25, 0.3) is 5.91 Å². The van der Waals surface area contributed by atoms with Gasteiger partial charge in [-0.3, -0.25) is 9.59 Å². The van der Waals surface area contributed by atoms with Gasteiger partial charge in [-0.1, -0.05) is 24.3 Å². The van der Waals surface area contributed by atoms with Gasteiger partial charge in [-0.25, -0.2) is 9.99 Å². The number of carbonyl (C=O) groups excluding carboxylic acids is 2. The average molecular weight is 482 g/mol. The van der Waals surface area contributed by atoms with E-state index in [2.05, 4.69) is 10.1 Å². The molecule has 4 aromatic rings. The molecule has 0 bridgehead atoms. The maximum Gasteiger partial charge on any atom is 0.306 e. The lowest BCUT2D eigenvalue weighted by Crippen LogP contribution is -2.31. The number of fused-ring (bicyclic) bond motifs is 1. The molecule has 1 atom stereocenters. The standard InChI is InChI=1S/C23H19N3O3S3/c27-22(14-29-23(28)10-9-21-24-15-5-1-2-6-19(15)32-21)26-17(20-8-4-12-31-20)13-16(25-26)18-7-3-11-30-18/h1-8,11-12,17H,9-10,13-14H2. The summed E-state index contributed by atoms with van der Waals surface area (Å²) < 4.78 is 6.38. The fourth-order valence-electron chi connectivity index (χ4n) is 3.55. The summed E-state index contributed by atoms with van der Waals surface area (Å²) >= 11 is 4.77. The Kier molecular flexibility index (Phi) is 6.11. The molecule has 1 unspecified atom stereocenters. The average Bonchev–Trinajstić information content (AvgIpc) is 3.61.